The molecule has 0 unspecified atom stereocenters. The molecule has 2 aromatic heterocycles. The highest BCUT2D eigenvalue weighted by Crippen LogP contribution is 2.28. The Hall–Kier alpha value is -3.09. The number of hydrogen-bond acceptors (Lipinski definition) is 4. The maximum absolute atomic E-state index is 12.7. The fourth-order valence-electron chi connectivity index (χ4n) is 3.40. The first-order valence-electron chi connectivity index (χ1n) is 8.94. The molecular formula is C19H21N5O2. The number of aromatic amines is 1. The summed E-state index contributed by atoms with van der Waals surface area (Å²) in [4.78, 5) is 26.8. The molecule has 0 atom stereocenters. The van der Waals surface area contributed by atoms with Gasteiger partial charge in [0.2, 0.25) is 0 Å². The Labute approximate surface area is 150 Å². The minimum atomic E-state index is -0.361. The third-order valence-corrected chi connectivity index (χ3v) is 4.77. The second kappa shape index (κ2) is 7.03. The van der Waals surface area contributed by atoms with Gasteiger partial charge in [0.15, 0.2) is 5.65 Å². The lowest BCUT2D eigenvalue weighted by atomic mass is 10.2. The molecule has 0 spiro atoms. The highest BCUT2D eigenvalue weighted by atomic mass is 16.2. The zero-order valence-electron chi connectivity index (χ0n) is 14.4. The van der Waals surface area contributed by atoms with Gasteiger partial charge in [-0.25, -0.2) is 14.3 Å². The van der Waals surface area contributed by atoms with Gasteiger partial charge in [0, 0.05) is 19.3 Å². The Morgan fingerprint density at radius 3 is 2.62 bits per heavy atom. The summed E-state index contributed by atoms with van der Waals surface area (Å²) in [5.41, 5.74) is 2.37. The Morgan fingerprint density at radius 1 is 1.04 bits per heavy atom. The number of nitrogens with one attached hydrogen (secondary N) is 2. The van der Waals surface area contributed by atoms with Crippen LogP contribution in [0.15, 0.2) is 47.4 Å². The maximum atomic E-state index is 12.7. The van der Waals surface area contributed by atoms with Gasteiger partial charge >= 0.3 is 5.69 Å². The van der Waals surface area contributed by atoms with Crippen LogP contribution in [0.25, 0.3) is 5.65 Å². The summed E-state index contributed by atoms with van der Waals surface area (Å²) < 4.78 is 1.33. The first kappa shape index (κ1) is 16.4. The second-order valence-corrected chi connectivity index (χ2v) is 6.55. The van der Waals surface area contributed by atoms with E-state index in [0.717, 1.165) is 24.5 Å². The molecule has 26 heavy (non-hydrogen) atoms. The Kier molecular flexibility index (Phi) is 4.43. The standard InChI is InChI=1S/C19H21N5O2/c25-18(14-9-10-17-21-22-19(26)24(17)13-14)20-15-7-3-4-8-16(15)23-11-5-1-2-6-12-23/h3-4,7-10,13H,1-2,5-6,11-12H2,(H,20,25)(H,22,26). The van der Waals surface area contributed by atoms with Crippen LogP contribution in [0.4, 0.5) is 11.4 Å². The summed E-state index contributed by atoms with van der Waals surface area (Å²) in [6.45, 7) is 2.01. The van der Waals surface area contributed by atoms with E-state index in [1.54, 1.807) is 12.1 Å². The van der Waals surface area contributed by atoms with Crippen molar-refractivity contribution in [3.8, 4) is 0 Å². The Balaban J connectivity index is 1.60. The SMILES string of the molecule is O=C(Nc1ccccc1N1CCCCCC1)c1ccc2n[nH]c(=O)n2c1. The summed E-state index contributed by atoms with van der Waals surface area (Å²) in [5.74, 6) is -0.248. The lowest BCUT2D eigenvalue weighted by molar-refractivity contribution is 0.102. The summed E-state index contributed by atoms with van der Waals surface area (Å²) in [7, 11) is 0. The zero-order chi connectivity index (χ0) is 17.9. The molecule has 1 aliphatic heterocycles. The molecule has 7 nitrogen and oxygen atoms in total. The highest BCUT2D eigenvalue weighted by Gasteiger charge is 2.16. The molecular weight excluding hydrogens is 330 g/mol. The summed E-state index contributed by atoms with van der Waals surface area (Å²) >= 11 is 0. The molecule has 1 aliphatic rings. The molecule has 0 radical (unpaired) electrons. The normalized spacial score (nSPS) is 15.0. The van der Waals surface area contributed by atoms with Crippen LogP contribution < -0.4 is 15.9 Å². The summed E-state index contributed by atoms with van der Waals surface area (Å²) in [6.07, 6.45) is 6.35. The van der Waals surface area contributed by atoms with E-state index < -0.39 is 0 Å². The third-order valence-electron chi connectivity index (χ3n) is 4.77. The van der Waals surface area contributed by atoms with Gasteiger partial charge in [-0.2, -0.15) is 5.10 Å². The molecule has 3 aromatic rings. The van der Waals surface area contributed by atoms with Gasteiger partial charge in [-0.1, -0.05) is 25.0 Å². The van der Waals surface area contributed by atoms with Crippen LogP contribution in [0.3, 0.4) is 0 Å². The number of para-hydroxylation sites is 2. The lowest BCUT2D eigenvalue weighted by Crippen LogP contribution is -2.25. The topological polar surface area (TPSA) is 82.5 Å². The fraction of sp³-hybridized carbons (Fsp3) is 0.316. The van der Waals surface area contributed by atoms with E-state index >= 15 is 0 Å². The van der Waals surface area contributed by atoms with Gasteiger partial charge in [0.05, 0.1) is 16.9 Å². The average molecular weight is 351 g/mol. The number of nitrogens with zero attached hydrogens (tertiary/aromatic N) is 3. The van der Waals surface area contributed by atoms with Crippen molar-refractivity contribution in [2.75, 3.05) is 23.3 Å². The van der Waals surface area contributed by atoms with E-state index in [1.165, 1.54) is 36.3 Å². The Morgan fingerprint density at radius 2 is 1.81 bits per heavy atom. The van der Waals surface area contributed by atoms with E-state index in [0.29, 0.717) is 11.2 Å². The predicted octanol–water partition coefficient (Wildman–Crippen LogP) is 2.66. The Bertz CT molecular complexity index is 983. The van der Waals surface area contributed by atoms with Crippen LogP contribution in [0.2, 0.25) is 0 Å². The molecule has 7 heteroatoms. The first-order chi connectivity index (χ1) is 12.7. The minimum Gasteiger partial charge on any atom is -0.370 e. The van der Waals surface area contributed by atoms with Gasteiger partial charge in [-0.3, -0.25) is 4.79 Å². The lowest BCUT2D eigenvalue weighted by Gasteiger charge is -2.25. The molecule has 1 fully saturated rings. The number of H-pyrrole nitrogens is 1. The van der Waals surface area contributed by atoms with Crippen molar-refractivity contribution in [3.05, 3.63) is 58.6 Å². The van der Waals surface area contributed by atoms with Crippen molar-refractivity contribution in [2.24, 2.45) is 0 Å². The number of anilines is 2. The molecule has 1 amide bonds. The number of carbonyl (C=O) groups is 1. The van der Waals surface area contributed by atoms with E-state index in [4.69, 9.17) is 0 Å². The molecule has 2 N–H and O–H groups in total. The third kappa shape index (κ3) is 3.20. The average Bonchev–Trinajstić information content (AvgIpc) is 2.86. The molecule has 3 heterocycles. The minimum absolute atomic E-state index is 0.248. The number of carbonyl (C=O) groups excluding carboxylic acids is 1. The molecule has 4 rings (SSSR count). The predicted molar refractivity (Wildman–Crippen MR) is 101 cm³/mol. The quantitative estimate of drug-likeness (QED) is 0.760. The monoisotopic (exact) mass is 351 g/mol. The van der Waals surface area contributed by atoms with Crippen molar-refractivity contribution in [1.82, 2.24) is 14.6 Å². The van der Waals surface area contributed by atoms with Gasteiger partial charge < -0.3 is 10.2 Å². The summed E-state index contributed by atoms with van der Waals surface area (Å²) in [5, 5.41) is 9.24. The van der Waals surface area contributed by atoms with Crippen LogP contribution in [-0.4, -0.2) is 33.6 Å². The largest absolute Gasteiger partial charge is 0.370 e. The van der Waals surface area contributed by atoms with E-state index in [1.807, 2.05) is 24.3 Å². The van der Waals surface area contributed by atoms with Crippen molar-refractivity contribution in [3.63, 3.8) is 0 Å². The van der Waals surface area contributed by atoms with Crippen LogP contribution in [-0.2, 0) is 0 Å². The number of pyridine rings is 1. The van der Waals surface area contributed by atoms with Crippen LogP contribution in [0.1, 0.15) is 36.0 Å². The van der Waals surface area contributed by atoms with Crippen molar-refractivity contribution in [2.45, 2.75) is 25.7 Å². The van der Waals surface area contributed by atoms with Gasteiger partial charge in [-0.05, 0) is 37.1 Å². The molecule has 1 aromatic carbocycles. The first-order valence-corrected chi connectivity index (χ1v) is 8.94. The number of rotatable bonds is 3. The van der Waals surface area contributed by atoms with E-state index in [2.05, 4.69) is 20.4 Å². The van der Waals surface area contributed by atoms with Gasteiger partial charge in [-0.15, -0.1) is 0 Å². The van der Waals surface area contributed by atoms with Crippen LogP contribution in [0, 0.1) is 0 Å². The molecule has 0 saturated carbocycles. The second-order valence-electron chi connectivity index (χ2n) is 6.55. The van der Waals surface area contributed by atoms with Crippen LogP contribution in [0.5, 0.6) is 0 Å². The molecule has 0 aliphatic carbocycles. The number of benzene rings is 1. The van der Waals surface area contributed by atoms with Gasteiger partial charge in [0.25, 0.3) is 5.91 Å². The smallest absolute Gasteiger partial charge is 0.347 e. The summed E-state index contributed by atoms with van der Waals surface area (Å²) in [6, 6.07) is 11.2. The fourth-order valence-corrected chi connectivity index (χ4v) is 3.40. The van der Waals surface area contributed by atoms with Gasteiger partial charge in [0.1, 0.15) is 0 Å². The molecule has 134 valence electrons. The van der Waals surface area contributed by atoms with Crippen molar-refractivity contribution < 1.29 is 4.79 Å². The number of fused-ring (bicyclic) bond motifs is 1. The van der Waals surface area contributed by atoms with E-state index in [-0.39, 0.29) is 11.6 Å². The van der Waals surface area contributed by atoms with E-state index in [9.17, 15) is 9.59 Å². The van der Waals surface area contributed by atoms with Crippen molar-refractivity contribution in [1.29, 1.82) is 0 Å². The molecule has 0 bridgehead atoms. The highest BCUT2D eigenvalue weighted by molar-refractivity contribution is 6.05. The van der Waals surface area contributed by atoms with Crippen LogP contribution >= 0.6 is 0 Å². The number of aromatic nitrogens is 3. The number of hydrogen-bond donors (Lipinski definition) is 2. The maximum Gasteiger partial charge on any atom is 0.347 e. The zero-order valence-corrected chi connectivity index (χ0v) is 14.4. The number of amides is 1. The molecule has 1 saturated heterocycles. The van der Waals surface area contributed by atoms with Crippen molar-refractivity contribution >= 4 is 22.9 Å².